The molecule has 0 aromatic carbocycles. The van der Waals surface area contributed by atoms with Gasteiger partial charge in [0.1, 0.15) is 0 Å². The van der Waals surface area contributed by atoms with Gasteiger partial charge in [-0.3, -0.25) is 9.59 Å². The normalized spacial score (nSPS) is 34.9. The molecule has 12 heavy (non-hydrogen) atoms. The fourth-order valence-electron chi connectivity index (χ4n) is 2.12. The smallest absolute Gasteiger partial charge is 0.230 e. The summed E-state index contributed by atoms with van der Waals surface area (Å²) in [6.45, 7) is 1.40. The van der Waals surface area contributed by atoms with Crippen LogP contribution in [0.5, 0.6) is 0 Å². The molecule has 2 aliphatic heterocycles. The van der Waals surface area contributed by atoms with Gasteiger partial charge in [-0.2, -0.15) is 0 Å². The van der Waals surface area contributed by atoms with Gasteiger partial charge in [0.25, 0.3) is 0 Å². The number of amides is 2. The van der Waals surface area contributed by atoms with Crippen LogP contribution in [-0.2, 0) is 9.59 Å². The van der Waals surface area contributed by atoms with E-state index in [9.17, 15) is 9.59 Å². The zero-order valence-corrected chi connectivity index (χ0v) is 7.09. The Morgan fingerprint density at radius 2 is 2.25 bits per heavy atom. The molecule has 0 unspecified atom stereocenters. The largest absolute Gasteiger partial charge is 0.356 e. The number of hydrogen-bond acceptors (Lipinski definition) is 2. The number of carbonyl (C=O) groups is 2. The van der Waals surface area contributed by atoms with Crippen LogP contribution < -0.4 is 5.32 Å². The number of β-lactam (4-membered cyclic amide) rings is 1. The monoisotopic (exact) mass is 168 g/mol. The highest BCUT2D eigenvalue weighted by molar-refractivity contribution is 5.94. The van der Waals surface area contributed by atoms with Crippen molar-refractivity contribution in [1.82, 2.24) is 10.2 Å². The van der Waals surface area contributed by atoms with Crippen molar-refractivity contribution in [1.29, 1.82) is 0 Å². The minimum Gasteiger partial charge on any atom is -0.356 e. The SMILES string of the molecule is CN1C[C@]2(CCNC(=O)C2)C1=O. The van der Waals surface area contributed by atoms with Gasteiger partial charge in [0.05, 0.1) is 5.41 Å². The van der Waals surface area contributed by atoms with Crippen LogP contribution in [-0.4, -0.2) is 36.9 Å². The molecule has 4 nitrogen and oxygen atoms in total. The summed E-state index contributed by atoms with van der Waals surface area (Å²) in [6, 6.07) is 0. The van der Waals surface area contributed by atoms with E-state index in [2.05, 4.69) is 5.32 Å². The van der Waals surface area contributed by atoms with Crippen LogP contribution in [0.15, 0.2) is 0 Å². The van der Waals surface area contributed by atoms with Crippen molar-refractivity contribution < 1.29 is 9.59 Å². The van der Waals surface area contributed by atoms with E-state index >= 15 is 0 Å². The van der Waals surface area contributed by atoms with Crippen LogP contribution in [0.2, 0.25) is 0 Å². The predicted octanol–water partition coefficient (Wildman–Crippen LogP) is -0.645. The number of nitrogens with zero attached hydrogens (tertiary/aromatic N) is 1. The lowest BCUT2D eigenvalue weighted by atomic mass is 9.71. The average molecular weight is 168 g/mol. The molecule has 1 atom stereocenters. The number of piperidine rings is 1. The van der Waals surface area contributed by atoms with Gasteiger partial charge in [-0.15, -0.1) is 0 Å². The first-order valence-electron chi connectivity index (χ1n) is 4.16. The van der Waals surface area contributed by atoms with Gasteiger partial charge in [0, 0.05) is 26.6 Å². The minimum absolute atomic E-state index is 0.0164. The molecule has 0 bridgehead atoms. The Morgan fingerprint density at radius 3 is 2.75 bits per heavy atom. The van der Waals surface area contributed by atoms with E-state index in [1.54, 1.807) is 11.9 Å². The summed E-state index contributed by atoms with van der Waals surface area (Å²) < 4.78 is 0. The lowest BCUT2D eigenvalue weighted by Crippen LogP contribution is -2.63. The third-order valence-corrected chi connectivity index (χ3v) is 2.76. The van der Waals surface area contributed by atoms with Gasteiger partial charge in [-0.05, 0) is 6.42 Å². The summed E-state index contributed by atoms with van der Waals surface area (Å²) in [4.78, 5) is 24.2. The van der Waals surface area contributed by atoms with E-state index in [1.807, 2.05) is 0 Å². The molecule has 0 aliphatic carbocycles. The third kappa shape index (κ3) is 0.838. The molecule has 0 saturated carbocycles. The Labute approximate surface area is 70.9 Å². The molecular formula is C8H12N2O2. The van der Waals surface area contributed by atoms with Crippen molar-refractivity contribution in [2.45, 2.75) is 12.8 Å². The Morgan fingerprint density at radius 1 is 1.50 bits per heavy atom. The second-order valence-corrected chi connectivity index (χ2v) is 3.72. The minimum atomic E-state index is -0.322. The van der Waals surface area contributed by atoms with Gasteiger partial charge >= 0.3 is 0 Å². The maximum Gasteiger partial charge on any atom is 0.230 e. The van der Waals surface area contributed by atoms with Crippen LogP contribution in [0.1, 0.15) is 12.8 Å². The molecule has 4 heteroatoms. The number of hydrogen-bond donors (Lipinski definition) is 1. The Kier molecular flexibility index (Phi) is 1.40. The van der Waals surface area contributed by atoms with Gasteiger partial charge in [0.2, 0.25) is 11.8 Å². The summed E-state index contributed by atoms with van der Waals surface area (Å²) in [5.74, 6) is 0.153. The molecule has 2 saturated heterocycles. The van der Waals surface area contributed by atoms with Crippen molar-refractivity contribution >= 4 is 11.8 Å². The molecule has 1 N–H and O–H groups in total. The summed E-state index contributed by atoms with van der Waals surface area (Å²) in [6.07, 6.45) is 1.19. The van der Waals surface area contributed by atoms with Crippen molar-refractivity contribution in [2.24, 2.45) is 5.41 Å². The number of rotatable bonds is 0. The first kappa shape index (κ1) is 7.58. The highest BCUT2D eigenvalue weighted by atomic mass is 16.2. The number of carbonyl (C=O) groups excluding carboxylic acids is 2. The van der Waals surface area contributed by atoms with Crippen molar-refractivity contribution in [2.75, 3.05) is 20.1 Å². The Balaban J connectivity index is 2.12. The molecule has 2 amide bonds. The van der Waals surface area contributed by atoms with Gasteiger partial charge in [-0.25, -0.2) is 0 Å². The molecule has 66 valence electrons. The van der Waals surface area contributed by atoms with Gasteiger partial charge in [-0.1, -0.05) is 0 Å². The van der Waals surface area contributed by atoms with Crippen LogP contribution in [0.25, 0.3) is 0 Å². The molecular weight excluding hydrogens is 156 g/mol. The highest BCUT2D eigenvalue weighted by Gasteiger charge is 2.52. The Bertz CT molecular complexity index is 247. The topological polar surface area (TPSA) is 49.4 Å². The van der Waals surface area contributed by atoms with Crippen LogP contribution in [0.4, 0.5) is 0 Å². The summed E-state index contributed by atoms with van der Waals surface area (Å²) in [5, 5.41) is 2.73. The summed E-state index contributed by atoms with van der Waals surface area (Å²) in [7, 11) is 1.78. The highest BCUT2D eigenvalue weighted by Crippen LogP contribution is 2.39. The van der Waals surface area contributed by atoms with E-state index < -0.39 is 0 Å². The molecule has 1 spiro atoms. The molecule has 0 radical (unpaired) electrons. The zero-order chi connectivity index (χ0) is 8.77. The maximum absolute atomic E-state index is 11.4. The molecule has 0 aromatic rings. The molecule has 2 rings (SSSR count). The first-order valence-corrected chi connectivity index (χ1v) is 4.16. The van der Waals surface area contributed by atoms with Crippen LogP contribution >= 0.6 is 0 Å². The molecule has 2 fully saturated rings. The van der Waals surface area contributed by atoms with E-state index in [4.69, 9.17) is 0 Å². The number of nitrogens with one attached hydrogen (secondary N) is 1. The third-order valence-electron chi connectivity index (χ3n) is 2.76. The molecule has 2 aliphatic rings. The van der Waals surface area contributed by atoms with E-state index in [0.29, 0.717) is 13.0 Å². The zero-order valence-electron chi connectivity index (χ0n) is 7.09. The lowest BCUT2D eigenvalue weighted by molar-refractivity contribution is -0.163. The standard InChI is InChI=1S/C8H12N2O2/c1-10-5-8(7(10)12)2-3-9-6(11)4-8/h2-5H2,1H3,(H,9,11)/t8-/m1/s1. The number of likely N-dealkylation sites (tertiary alicyclic amines) is 1. The van der Waals surface area contributed by atoms with Crippen LogP contribution in [0, 0.1) is 5.41 Å². The van der Waals surface area contributed by atoms with Crippen LogP contribution in [0.3, 0.4) is 0 Å². The second kappa shape index (κ2) is 2.21. The van der Waals surface area contributed by atoms with Gasteiger partial charge < -0.3 is 10.2 Å². The van der Waals surface area contributed by atoms with E-state index in [-0.39, 0.29) is 17.2 Å². The van der Waals surface area contributed by atoms with E-state index in [0.717, 1.165) is 13.0 Å². The first-order chi connectivity index (χ1) is 5.64. The fraction of sp³-hybridized carbons (Fsp3) is 0.750. The maximum atomic E-state index is 11.4. The van der Waals surface area contributed by atoms with Crippen molar-refractivity contribution in [3.8, 4) is 0 Å². The predicted molar refractivity (Wildman–Crippen MR) is 42.3 cm³/mol. The fourth-order valence-corrected chi connectivity index (χ4v) is 2.12. The summed E-state index contributed by atoms with van der Waals surface area (Å²) in [5.41, 5.74) is -0.322. The van der Waals surface area contributed by atoms with Crippen molar-refractivity contribution in [3.63, 3.8) is 0 Å². The lowest BCUT2D eigenvalue weighted by Gasteiger charge is -2.48. The average Bonchev–Trinajstić information content (AvgIpc) is 2.04. The van der Waals surface area contributed by atoms with Gasteiger partial charge in [0.15, 0.2) is 0 Å². The quantitative estimate of drug-likeness (QED) is 0.489. The Hall–Kier alpha value is -1.06. The molecule has 0 aromatic heterocycles. The van der Waals surface area contributed by atoms with Crippen molar-refractivity contribution in [3.05, 3.63) is 0 Å². The molecule has 2 heterocycles. The summed E-state index contributed by atoms with van der Waals surface area (Å²) >= 11 is 0. The second-order valence-electron chi connectivity index (χ2n) is 3.72. The van der Waals surface area contributed by atoms with E-state index in [1.165, 1.54) is 0 Å².